The lowest BCUT2D eigenvalue weighted by molar-refractivity contribution is -0.114. The minimum atomic E-state index is -3.49. The first kappa shape index (κ1) is 18.6. The zero-order valence-electron chi connectivity index (χ0n) is 14.2. The first-order valence-electron chi connectivity index (χ1n) is 8.08. The van der Waals surface area contributed by atoms with Crippen LogP contribution in [-0.4, -0.2) is 55.6 Å². The van der Waals surface area contributed by atoms with Gasteiger partial charge in [0.25, 0.3) is 15.9 Å². The van der Waals surface area contributed by atoms with Gasteiger partial charge in [-0.25, -0.2) is 8.42 Å². The molecule has 26 heavy (non-hydrogen) atoms. The van der Waals surface area contributed by atoms with E-state index in [0.29, 0.717) is 28.5 Å². The number of nitrogens with zero attached hydrogens (tertiary/aromatic N) is 2. The molecule has 3 rings (SSSR count). The molecule has 1 aliphatic rings. The lowest BCUT2D eigenvalue weighted by Crippen LogP contribution is -2.50. The van der Waals surface area contributed by atoms with Crippen LogP contribution >= 0.6 is 11.3 Å². The second-order valence-corrected chi connectivity index (χ2v) is 9.00. The molecule has 0 unspecified atom stereocenters. The van der Waals surface area contributed by atoms with Crippen molar-refractivity contribution in [2.45, 2.75) is 11.1 Å². The van der Waals surface area contributed by atoms with Crippen LogP contribution in [-0.2, 0) is 14.8 Å². The summed E-state index contributed by atoms with van der Waals surface area (Å²) in [6, 6.07) is 10.0. The van der Waals surface area contributed by atoms with Crippen molar-refractivity contribution >= 4 is 38.9 Å². The number of carbonyl (C=O) groups excluding carboxylic acids is 2. The summed E-state index contributed by atoms with van der Waals surface area (Å²) < 4.78 is 26.8. The van der Waals surface area contributed by atoms with Crippen LogP contribution in [0.2, 0.25) is 0 Å². The van der Waals surface area contributed by atoms with Crippen LogP contribution in [0.1, 0.15) is 17.3 Å². The van der Waals surface area contributed by atoms with Crippen LogP contribution in [0, 0.1) is 0 Å². The number of thiophene rings is 1. The minimum Gasteiger partial charge on any atom is -0.336 e. The molecule has 2 heterocycles. The van der Waals surface area contributed by atoms with E-state index in [1.54, 1.807) is 46.7 Å². The Morgan fingerprint density at radius 3 is 2.42 bits per heavy atom. The van der Waals surface area contributed by atoms with Crippen molar-refractivity contribution in [3.05, 3.63) is 47.3 Å². The van der Waals surface area contributed by atoms with Crippen molar-refractivity contribution < 1.29 is 18.0 Å². The molecule has 1 fully saturated rings. The van der Waals surface area contributed by atoms with Gasteiger partial charge in [-0.05, 0) is 29.6 Å². The number of hydrogen-bond acceptors (Lipinski definition) is 5. The van der Waals surface area contributed by atoms with Gasteiger partial charge in [0.05, 0.1) is 0 Å². The number of benzene rings is 1. The highest BCUT2D eigenvalue weighted by Crippen LogP contribution is 2.22. The quantitative estimate of drug-likeness (QED) is 0.859. The van der Waals surface area contributed by atoms with Gasteiger partial charge >= 0.3 is 0 Å². The van der Waals surface area contributed by atoms with Crippen molar-refractivity contribution in [2.75, 3.05) is 31.5 Å². The molecule has 1 N–H and O–H groups in total. The molecular formula is C17H19N3O4S2. The predicted octanol–water partition coefficient (Wildman–Crippen LogP) is 1.85. The number of sulfonamides is 1. The average Bonchev–Trinajstić information content (AvgIpc) is 3.16. The van der Waals surface area contributed by atoms with Crippen molar-refractivity contribution in [3.8, 4) is 0 Å². The molecule has 2 aromatic rings. The highest BCUT2D eigenvalue weighted by molar-refractivity contribution is 7.91. The molecule has 0 spiro atoms. The van der Waals surface area contributed by atoms with Gasteiger partial charge in [-0.3, -0.25) is 9.59 Å². The van der Waals surface area contributed by atoms with Crippen LogP contribution in [0.25, 0.3) is 0 Å². The first-order valence-corrected chi connectivity index (χ1v) is 10.4. The SMILES string of the molecule is CC(=O)Nc1cccc(C(=O)N2CCN(S(=O)(=O)c3cccs3)CC2)c1. The number of piperazine rings is 1. The fourth-order valence-electron chi connectivity index (χ4n) is 2.78. The normalized spacial score (nSPS) is 15.7. The topological polar surface area (TPSA) is 86.8 Å². The summed E-state index contributed by atoms with van der Waals surface area (Å²) in [4.78, 5) is 25.5. The third-order valence-corrected chi connectivity index (χ3v) is 7.32. The Hall–Kier alpha value is -2.23. The maximum atomic E-state index is 12.7. The molecule has 0 saturated carbocycles. The highest BCUT2D eigenvalue weighted by Gasteiger charge is 2.31. The second-order valence-electron chi connectivity index (χ2n) is 5.89. The van der Waals surface area contributed by atoms with Gasteiger partial charge in [-0.15, -0.1) is 11.3 Å². The van der Waals surface area contributed by atoms with E-state index in [9.17, 15) is 18.0 Å². The van der Waals surface area contributed by atoms with Crippen LogP contribution in [0.15, 0.2) is 46.0 Å². The molecule has 0 aliphatic carbocycles. The molecule has 0 atom stereocenters. The number of rotatable bonds is 4. The van der Waals surface area contributed by atoms with E-state index in [4.69, 9.17) is 0 Å². The molecule has 1 aromatic carbocycles. The highest BCUT2D eigenvalue weighted by atomic mass is 32.2. The summed E-state index contributed by atoms with van der Waals surface area (Å²) in [6.07, 6.45) is 0. The van der Waals surface area contributed by atoms with Crippen LogP contribution in [0.5, 0.6) is 0 Å². The maximum Gasteiger partial charge on any atom is 0.254 e. The summed E-state index contributed by atoms with van der Waals surface area (Å²) in [5, 5.41) is 4.38. The third kappa shape index (κ3) is 3.95. The molecule has 7 nitrogen and oxygen atoms in total. The minimum absolute atomic E-state index is 0.176. The van der Waals surface area contributed by atoms with E-state index < -0.39 is 10.0 Å². The summed E-state index contributed by atoms with van der Waals surface area (Å²) in [6.45, 7) is 2.58. The molecule has 1 aliphatic heterocycles. The van der Waals surface area contributed by atoms with Crippen LogP contribution < -0.4 is 5.32 Å². The van der Waals surface area contributed by atoms with Crippen LogP contribution in [0.4, 0.5) is 5.69 Å². The maximum absolute atomic E-state index is 12.7. The van der Waals surface area contributed by atoms with Crippen molar-refractivity contribution in [3.63, 3.8) is 0 Å². The Labute approximate surface area is 156 Å². The number of hydrogen-bond donors (Lipinski definition) is 1. The Balaban J connectivity index is 1.66. The van der Waals surface area contributed by atoms with Crippen molar-refractivity contribution in [1.29, 1.82) is 0 Å². The summed E-state index contributed by atoms with van der Waals surface area (Å²) in [5.74, 6) is -0.382. The molecular weight excluding hydrogens is 374 g/mol. The third-order valence-electron chi connectivity index (χ3n) is 4.04. The summed E-state index contributed by atoms with van der Waals surface area (Å²) >= 11 is 1.19. The average molecular weight is 393 g/mol. The Morgan fingerprint density at radius 2 is 1.81 bits per heavy atom. The number of nitrogens with one attached hydrogen (secondary N) is 1. The lowest BCUT2D eigenvalue weighted by atomic mass is 10.1. The fraction of sp³-hybridized carbons (Fsp3) is 0.294. The van der Waals surface area contributed by atoms with E-state index in [1.807, 2.05) is 0 Å². The van der Waals surface area contributed by atoms with Gasteiger partial charge in [0.1, 0.15) is 4.21 Å². The molecule has 0 bridgehead atoms. The zero-order chi connectivity index (χ0) is 18.7. The standard InChI is InChI=1S/C17H19N3O4S2/c1-13(21)18-15-5-2-4-14(12-15)17(22)19-7-9-20(10-8-19)26(23,24)16-6-3-11-25-16/h2-6,11-12H,7-10H2,1H3,(H,18,21). The summed E-state index contributed by atoms with van der Waals surface area (Å²) in [5.41, 5.74) is 1.02. The van der Waals surface area contributed by atoms with Gasteiger partial charge in [0.2, 0.25) is 5.91 Å². The van der Waals surface area contributed by atoms with Gasteiger partial charge in [-0.2, -0.15) is 4.31 Å². The Kier molecular flexibility index (Phi) is 5.40. The van der Waals surface area contributed by atoms with Gasteiger partial charge in [0.15, 0.2) is 0 Å². The van der Waals surface area contributed by atoms with Gasteiger partial charge < -0.3 is 10.2 Å². The zero-order valence-corrected chi connectivity index (χ0v) is 15.8. The predicted molar refractivity (Wildman–Crippen MR) is 99.7 cm³/mol. The smallest absolute Gasteiger partial charge is 0.254 e. The Bertz CT molecular complexity index is 902. The number of carbonyl (C=O) groups is 2. The number of anilines is 1. The molecule has 138 valence electrons. The van der Waals surface area contributed by atoms with E-state index in [1.165, 1.54) is 22.6 Å². The van der Waals surface area contributed by atoms with Crippen molar-refractivity contribution in [2.24, 2.45) is 0 Å². The molecule has 2 amide bonds. The molecule has 0 radical (unpaired) electrons. The number of amides is 2. The monoisotopic (exact) mass is 393 g/mol. The van der Waals surface area contributed by atoms with E-state index in [-0.39, 0.29) is 24.9 Å². The van der Waals surface area contributed by atoms with Crippen molar-refractivity contribution in [1.82, 2.24) is 9.21 Å². The Morgan fingerprint density at radius 1 is 1.08 bits per heavy atom. The van der Waals surface area contributed by atoms with Gasteiger partial charge in [0, 0.05) is 44.4 Å². The molecule has 9 heteroatoms. The van der Waals surface area contributed by atoms with E-state index >= 15 is 0 Å². The lowest BCUT2D eigenvalue weighted by Gasteiger charge is -2.33. The second kappa shape index (κ2) is 7.56. The molecule has 1 aromatic heterocycles. The fourth-order valence-corrected chi connectivity index (χ4v) is 5.35. The first-order chi connectivity index (χ1) is 12.4. The van der Waals surface area contributed by atoms with Crippen LogP contribution in [0.3, 0.4) is 0 Å². The molecule has 1 saturated heterocycles. The summed E-state index contributed by atoms with van der Waals surface area (Å²) in [7, 11) is -3.49. The van der Waals surface area contributed by atoms with E-state index in [2.05, 4.69) is 5.32 Å². The van der Waals surface area contributed by atoms with E-state index in [0.717, 1.165) is 0 Å². The van der Waals surface area contributed by atoms with Gasteiger partial charge in [-0.1, -0.05) is 12.1 Å². The largest absolute Gasteiger partial charge is 0.336 e.